The van der Waals surface area contributed by atoms with Crippen LogP contribution in [-0.4, -0.2) is 183 Å². The molecule has 1 amide bonds. The van der Waals surface area contributed by atoms with Gasteiger partial charge < -0.3 is 104 Å². The molecular weight excluding hydrogens is 658 g/mol. The second-order valence-electron chi connectivity index (χ2n) is 13.8. The standard InChI is InChI=1S/C28H53N7O14/c29-5-9-1-12(37)15(33)24(44-9)47-21-10(32)2-11(35-27(42)28(43)3-8(31)4-28)17(38)23(21)49-26-20(41)22(14(7-36)46-26)48-25-16(34)19(40)18(39)13(6-30)45-25/h8-26,36-41,43H,1-7,29-34H2,(H,35,42)/t8-,9-,10-,11+,12+,13-,14+,15?,16+,17-,18+,19+,20+,21+,22+,23+,24+,25+,26-,28-/m0/s1. The quantitative estimate of drug-likeness (QED) is 0.0945. The molecule has 3 aliphatic heterocycles. The van der Waals surface area contributed by atoms with E-state index in [9.17, 15) is 40.5 Å². The first-order chi connectivity index (χ1) is 23.1. The molecule has 0 spiro atoms. The average molecular weight is 712 g/mol. The molecule has 3 saturated heterocycles. The lowest BCUT2D eigenvalue weighted by molar-refractivity contribution is -0.295. The Labute approximate surface area is 282 Å². The van der Waals surface area contributed by atoms with E-state index >= 15 is 0 Å². The molecule has 0 radical (unpaired) electrons. The first-order valence-corrected chi connectivity index (χ1v) is 16.5. The van der Waals surface area contributed by atoms with Crippen molar-refractivity contribution in [3.63, 3.8) is 0 Å². The van der Waals surface area contributed by atoms with E-state index in [1.165, 1.54) is 0 Å². The van der Waals surface area contributed by atoms with Crippen LogP contribution in [0.1, 0.15) is 25.7 Å². The molecule has 18 atom stereocenters. The van der Waals surface area contributed by atoms with Gasteiger partial charge in [-0.1, -0.05) is 0 Å². The third kappa shape index (κ3) is 7.90. The fourth-order valence-corrected chi connectivity index (χ4v) is 7.10. The number of carbonyl (C=O) groups excluding carboxylic acids is 1. The van der Waals surface area contributed by atoms with Gasteiger partial charge >= 0.3 is 0 Å². The summed E-state index contributed by atoms with van der Waals surface area (Å²) in [6.07, 6.45) is -18.4. The molecule has 0 aromatic rings. The van der Waals surface area contributed by atoms with Crippen molar-refractivity contribution in [2.24, 2.45) is 34.4 Å². The Morgan fingerprint density at radius 3 is 1.96 bits per heavy atom. The fraction of sp³-hybridized carbons (Fsp3) is 0.964. The first kappa shape index (κ1) is 38.9. The van der Waals surface area contributed by atoms with Crippen LogP contribution in [0.3, 0.4) is 0 Å². The van der Waals surface area contributed by atoms with E-state index < -0.39 is 128 Å². The maximum atomic E-state index is 13.0. The van der Waals surface area contributed by atoms with Crippen LogP contribution < -0.4 is 39.7 Å². The van der Waals surface area contributed by atoms with E-state index in [0.717, 1.165) is 0 Å². The van der Waals surface area contributed by atoms with Gasteiger partial charge in [0.25, 0.3) is 5.91 Å². The predicted octanol–water partition coefficient (Wildman–Crippen LogP) is -8.86. The number of nitrogens with one attached hydrogen (secondary N) is 1. The molecule has 2 saturated carbocycles. The highest BCUT2D eigenvalue weighted by Crippen LogP contribution is 2.36. The molecule has 21 heteroatoms. The molecule has 5 aliphatic rings. The Kier molecular flexibility index (Phi) is 12.5. The number of amides is 1. The summed E-state index contributed by atoms with van der Waals surface area (Å²) in [5, 5.41) is 77.5. The zero-order chi connectivity index (χ0) is 35.9. The third-order valence-corrected chi connectivity index (χ3v) is 10.1. The van der Waals surface area contributed by atoms with Crippen LogP contribution in [0.5, 0.6) is 0 Å². The summed E-state index contributed by atoms with van der Waals surface area (Å²) in [4.78, 5) is 13.0. The number of hydrogen-bond acceptors (Lipinski definition) is 20. The first-order valence-electron chi connectivity index (χ1n) is 16.5. The molecule has 3 heterocycles. The number of nitrogens with two attached hydrogens (primary N) is 6. The summed E-state index contributed by atoms with van der Waals surface area (Å²) in [5.74, 6) is -0.770. The molecule has 0 aromatic carbocycles. The minimum absolute atomic E-state index is 0.0172. The normalized spacial score (nSPS) is 52.1. The molecule has 5 fully saturated rings. The number of aliphatic hydroxyl groups is 7. The van der Waals surface area contributed by atoms with Crippen molar-refractivity contribution in [3.8, 4) is 0 Å². The number of hydrogen-bond donors (Lipinski definition) is 14. The van der Waals surface area contributed by atoms with Gasteiger partial charge in [0.15, 0.2) is 18.9 Å². The van der Waals surface area contributed by atoms with Gasteiger partial charge in [0, 0.05) is 44.4 Å². The Hall–Kier alpha value is -1.29. The average Bonchev–Trinajstić information content (AvgIpc) is 3.35. The smallest absolute Gasteiger partial charge is 0.252 e. The molecule has 5 rings (SSSR count). The largest absolute Gasteiger partial charge is 0.394 e. The lowest BCUT2D eigenvalue weighted by atomic mass is 9.75. The van der Waals surface area contributed by atoms with Gasteiger partial charge in [-0.15, -0.1) is 0 Å². The minimum Gasteiger partial charge on any atom is -0.394 e. The summed E-state index contributed by atoms with van der Waals surface area (Å²) in [7, 11) is 0. The Balaban J connectivity index is 1.36. The lowest BCUT2D eigenvalue weighted by Gasteiger charge is -2.48. The van der Waals surface area contributed by atoms with Crippen molar-refractivity contribution < 1.29 is 69.0 Å². The predicted molar refractivity (Wildman–Crippen MR) is 163 cm³/mol. The molecule has 284 valence electrons. The maximum absolute atomic E-state index is 13.0. The van der Waals surface area contributed by atoms with Crippen molar-refractivity contribution in [2.75, 3.05) is 19.7 Å². The van der Waals surface area contributed by atoms with Gasteiger partial charge in [-0.2, -0.15) is 0 Å². The fourth-order valence-electron chi connectivity index (χ4n) is 7.10. The van der Waals surface area contributed by atoms with Crippen LogP contribution in [-0.2, 0) is 33.2 Å². The van der Waals surface area contributed by atoms with E-state index in [0.29, 0.717) is 0 Å². The van der Waals surface area contributed by atoms with Crippen molar-refractivity contribution in [2.45, 2.75) is 148 Å². The molecular formula is C28H53N7O14. The minimum atomic E-state index is -1.73. The zero-order valence-electron chi connectivity index (χ0n) is 26.9. The summed E-state index contributed by atoms with van der Waals surface area (Å²) in [6.45, 7) is -0.833. The van der Waals surface area contributed by atoms with Gasteiger partial charge in [0.05, 0.1) is 36.9 Å². The SMILES string of the molecule is NC[C@@H]1C[C@@H](O)C(N)[C@@H](O[C@H]2[C@H](O[C@@H]3O[C@H](CO)[C@@H](O[C@H]4O[C@@H](CN)[C@@H](O)[C@H](O)[C@H]4N)[C@H]3O)[C@@H](O)[C@H](NC(=O)[C@]3(O)C[C@H](N)C3)C[C@@H]2N)O1. The number of aliphatic hydroxyl groups excluding tert-OH is 6. The zero-order valence-corrected chi connectivity index (χ0v) is 26.9. The van der Waals surface area contributed by atoms with E-state index in [1.54, 1.807) is 0 Å². The maximum Gasteiger partial charge on any atom is 0.252 e. The summed E-state index contributed by atoms with van der Waals surface area (Å²) in [6, 6.07) is -4.77. The summed E-state index contributed by atoms with van der Waals surface area (Å²) in [5.41, 5.74) is 34.2. The molecule has 49 heavy (non-hydrogen) atoms. The van der Waals surface area contributed by atoms with Gasteiger partial charge in [-0.05, 0) is 6.42 Å². The van der Waals surface area contributed by atoms with Crippen molar-refractivity contribution in [1.82, 2.24) is 5.32 Å². The Bertz CT molecular complexity index is 1110. The van der Waals surface area contributed by atoms with Crippen molar-refractivity contribution in [3.05, 3.63) is 0 Å². The van der Waals surface area contributed by atoms with Crippen LogP contribution in [0, 0.1) is 0 Å². The summed E-state index contributed by atoms with van der Waals surface area (Å²) < 4.78 is 35.4. The van der Waals surface area contributed by atoms with Crippen molar-refractivity contribution in [1.29, 1.82) is 0 Å². The third-order valence-electron chi connectivity index (χ3n) is 10.1. The van der Waals surface area contributed by atoms with Gasteiger partial charge in [0.2, 0.25) is 0 Å². The van der Waals surface area contributed by atoms with Crippen LogP contribution >= 0.6 is 0 Å². The van der Waals surface area contributed by atoms with Gasteiger partial charge in [0.1, 0.15) is 60.5 Å². The number of carbonyl (C=O) groups is 1. The van der Waals surface area contributed by atoms with Gasteiger partial charge in [-0.3, -0.25) is 4.79 Å². The highest BCUT2D eigenvalue weighted by atomic mass is 16.8. The Morgan fingerprint density at radius 2 is 1.35 bits per heavy atom. The molecule has 0 aromatic heterocycles. The highest BCUT2D eigenvalue weighted by molar-refractivity contribution is 5.86. The van der Waals surface area contributed by atoms with E-state index in [-0.39, 0.29) is 44.8 Å². The topological polar surface area (TPSA) is 382 Å². The molecule has 2 aliphatic carbocycles. The van der Waals surface area contributed by atoms with Crippen molar-refractivity contribution >= 4 is 5.91 Å². The van der Waals surface area contributed by atoms with Gasteiger partial charge in [-0.25, -0.2) is 0 Å². The number of rotatable bonds is 11. The van der Waals surface area contributed by atoms with Crippen LogP contribution in [0.25, 0.3) is 0 Å². The van der Waals surface area contributed by atoms with Crippen LogP contribution in [0.4, 0.5) is 0 Å². The van der Waals surface area contributed by atoms with Crippen LogP contribution in [0.2, 0.25) is 0 Å². The van der Waals surface area contributed by atoms with E-state index in [4.69, 9.17) is 62.8 Å². The van der Waals surface area contributed by atoms with Crippen LogP contribution in [0.15, 0.2) is 0 Å². The van der Waals surface area contributed by atoms with E-state index in [1.807, 2.05) is 0 Å². The molecule has 1 unspecified atom stereocenters. The lowest BCUT2D eigenvalue weighted by Crippen LogP contribution is -2.69. The highest BCUT2D eigenvalue weighted by Gasteiger charge is 2.55. The molecule has 0 bridgehead atoms. The Morgan fingerprint density at radius 1 is 0.735 bits per heavy atom. The second-order valence-corrected chi connectivity index (χ2v) is 13.8. The number of ether oxygens (including phenoxy) is 6. The van der Waals surface area contributed by atoms with E-state index in [2.05, 4.69) is 5.32 Å². The molecule has 20 N–H and O–H groups in total. The molecule has 21 nitrogen and oxygen atoms in total. The second kappa shape index (κ2) is 15.8. The summed E-state index contributed by atoms with van der Waals surface area (Å²) >= 11 is 0. The monoisotopic (exact) mass is 711 g/mol.